The molecule has 0 spiro atoms. The zero-order valence-corrected chi connectivity index (χ0v) is 10.8. The van der Waals surface area contributed by atoms with E-state index in [1.807, 2.05) is 0 Å². The van der Waals surface area contributed by atoms with Crippen molar-refractivity contribution in [1.82, 2.24) is 0 Å². The van der Waals surface area contributed by atoms with Crippen LogP contribution in [-0.2, 0) is 9.84 Å². The molecular formula is C12H20F2O2S. The molecular weight excluding hydrogens is 246 g/mol. The fourth-order valence-corrected chi connectivity index (χ4v) is 5.38. The Balaban J connectivity index is 1.98. The van der Waals surface area contributed by atoms with Gasteiger partial charge in [0, 0.05) is 0 Å². The average Bonchev–Trinajstić information content (AvgIpc) is 2.30. The van der Waals surface area contributed by atoms with Crippen molar-refractivity contribution in [3.63, 3.8) is 0 Å². The van der Waals surface area contributed by atoms with Gasteiger partial charge in [-0.15, -0.1) is 0 Å². The summed E-state index contributed by atoms with van der Waals surface area (Å²) in [4.78, 5) is 0. The van der Waals surface area contributed by atoms with E-state index in [-0.39, 0.29) is 10.5 Å². The fourth-order valence-electron chi connectivity index (χ4n) is 2.97. The summed E-state index contributed by atoms with van der Waals surface area (Å²) in [6.45, 7) is 0. The van der Waals surface area contributed by atoms with Crippen molar-refractivity contribution in [2.24, 2.45) is 0 Å². The summed E-state index contributed by atoms with van der Waals surface area (Å²) in [7, 11) is -3.17. The Hall–Kier alpha value is -0.190. The molecule has 0 N–H and O–H groups in total. The van der Waals surface area contributed by atoms with Gasteiger partial charge < -0.3 is 0 Å². The third-order valence-electron chi connectivity index (χ3n) is 4.14. The van der Waals surface area contributed by atoms with Crippen molar-refractivity contribution in [3.05, 3.63) is 0 Å². The van der Waals surface area contributed by atoms with Crippen LogP contribution < -0.4 is 0 Å². The highest BCUT2D eigenvalue weighted by Crippen LogP contribution is 2.33. The van der Waals surface area contributed by atoms with Crippen molar-refractivity contribution in [2.75, 3.05) is 0 Å². The van der Waals surface area contributed by atoms with Gasteiger partial charge in [0.05, 0.1) is 10.5 Å². The monoisotopic (exact) mass is 266 g/mol. The molecule has 0 aromatic heterocycles. The molecule has 2 nitrogen and oxygen atoms in total. The Kier molecular flexibility index (Phi) is 4.06. The van der Waals surface area contributed by atoms with Crippen molar-refractivity contribution in [3.8, 4) is 0 Å². The first-order chi connectivity index (χ1) is 8.00. The number of sulfone groups is 1. The first kappa shape index (κ1) is 13.2. The highest BCUT2D eigenvalue weighted by molar-refractivity contribution is 7.92. The van der Waals surface area contributed by atoms with Crippen LogP contribution in [0.4, 0.5) is 8.78 Å². The molecule has 0 aliphatic heterocycles. The van der Waals surface area contributed by atoms with Gasteiger partial charge in [-0.1, -0.05) is 0 Å². The third kappa shape index (κ3) is 2.98. The van der Waals surface area contributed by atoms with E-state index in [2.05, 4.69) is 0 Å². The van der Waals surface area contributed by atoms with Crippen molar-refractivity contribution in [2.45, 2.75) is 74.2 Å². The number of hydrogen-bond donors (Lipinski definition) is 0. The Labute approximate surface area is 102 Å². The van der Waals surface area contributed by atoms with E-state index in [0.717, 1.165) is 0 Å². The molecule has 0 atom stereocenters. The van der Waals surface area contributed by atoms with Crippen LogP contribution in [-0.4, -0.2) is 31.3 Å². The normalized spacial score (nSPS) is 40.1. The van der Waals surface area contributed by atoms with Gasteiger partial charge in [-0.25, -0.2) is 17.2 Å². The van der Waals surface area contributed by atoms with Crippen molar-refractivity contribution in [1.29, 1.82) is 0 Å². The van der Waals surface area contributed by atoms with E-state index in [1.54, 1.807) is 0 Å². The Morgan fingerprint density at radius 1 is 0.647 bits per heavy atom. The topological polar surface area (TPSA) is 34.1 Å². The predicted octanol–water partition coefficient (Wildman–Crippen LogP) is 2.96. The van der Waals surface area contributed by atoms with Crippen molar-refractivity contribution < 1.29 is 17.2 Å². The van der Waals surface area contributed by atoms with E-state index >= 15 is 0 Å². The Morgan fingerprint density at radius 2 is 0.941 bits per heavy atom. The largest absolute Gasteiger partial charge is 0.247 e. The molecule has 0 bridgehead atoms. The summed E-state index contributed by atoms with van der Waals surface area (Å²) in [5.74, 6) is 0. The molecule has 0 saturated heterocycles. The molecule has 0 aromatic rings. The van der Waals surface area contributed by atoms with E-state index in [4.69, 9.17) is 0 Å². The minimum absolute atomic E-state index is 0.363. The maximum atomic E-state index is 13.0. The minimum Gasteiger partial charge on any atom is -0.247 e. The lowest BCUT2D eigenvalue weighted by molar-refractivity contribution is 0.243. The van der Waals surface area contributed by atoms with Gasteiger partial charge in [-0.05, 0) is 51.4 Å². The molecule has 0 unspecified atom stereocenters. The van der Waals surface area contributed by atoms with Crippen LogP contribution in [0.1, 0.15) is 51.4 Å². The van der Waals surface area contributed by atoms with Crippen LogP contribution in [0.2, 0.25) is 0 Å². The van der Waals surface area contributed by atoms with Gasteiger partial charge >= 0.3 is 0 Å². The number of rotatable bonds is 2. The second-order valence-electron chi connectivity index (χ2n) is 5.34. The Morgan fingerprint density at radius 3 is 1.24 bits per heavy atom. The lowest BCUT2D eigenvalue weighted by Crippen LogP contribution is -2.37. The van der Waals surface area contributed by atoms with Gasteiger partial charge in [0.2, 0.25) is 0 Å². The van der Waals surface area contributed by atoms with Crippen LogP contribution in [0.3, 0.4) is 0 Å². The second kappa shape index (κ2) is 5.21. The van der Waals surface area contributed by atoms with Gasteiger partial charge in [0.15, 0.2) is 9.84 Å². The summed E-state index contributed by atoms with van der Waals surface area (Å²) >= 11 is 0. The molecule has 0 heterocycles. The molecule has 0 amide bonds. The van der Waals surface area contributed by atoms with Crippen LogP contribution in [0.15, 0.2) is 0 Å². The summed E-state index contributed by atoms with van der Waals surface area (Å²) < 4.78 is 50.6. The molecule has 2 rings (SSSR count). The zero-order valence-electron chi connectivity index (χ0n) is 9.95. The second-order valence-corrected chi connectivity index (χ2v) is 7.85. The molecule has 2 saturated carbocycles. The van der Waals surface area contributed by atoms with Gasteiger partial charge in [-0.2, -0.15) is 0 Å². The number of hydrogen-bond acceptors (Lipinski definition) is 2. The van der Waals surface area contributed by atoms with Crippen LogP contribution in [0.5, 0.6) is 0 Å². The molecule has 2 aliphatic rings. The SMILES string of the molecule is O=S(=O)(C1CCC(F)CC1)C1CCC(F)CC1. The zero-order chi connectivity index (χ0) is 12.5. The third-order valence-corrected chi connectivity index (χ3v) is 6.94. The molecule has 100 valence electrons. The quantitative estimate of drug-likeness (QED) is 0.770. The number of halogens is 2. The summed E-state index contributed by atoms with van der Waals surface area (Å²) in [6.07, 6.45) is 1.57. The first-order valence-electron chi connectivity index (χ1n) is 6.51. The molecule has 0 aromatic carbocycles. The molecule has 2 aliphatic carbocycles. The summed E-state index contributed by atoms with van der Waals surface area (Å²) in [6, 6.07) is 0. The van der Waals surface area contributed by atoms with E-state index in [1.165, 1.54) is 0 Å². The van der Waals surface area contributed by atoms with Crippen LogP contribution in [0, 0.1) is 0 Å². The Bertz CT molecular complexity index is 312. The lowest BCUT2D eigenvalue weighted by atomic mass is 9.98. The molecule has 5 heteroatoms. The molecule has 17 heavy (non-hydrogen) atoms. The summed E-state index contributed by atoms with van der Waals surface area (Å²) in [5, 5.41) is -0.758. The van der Waals surface area contributed by atoms with Crippen LogP contribution in [0.25, 0.3) is 0 Å². The summed E-state index contributed by atoms with van der Waals surface area (Å²) in [5.41, 5.74) is 0. The smallest absolute Gasteiger partial charge is 0.156 e. The maximum Gasteiger partial charge on any atom is 0.156 e. The van der Waals surface area contributed by atoms with E-state index in [9.17, 15) is 17.2 Å². The molecule has 2 fully saturated rings. The highest BCUT2D eigenvalue weighted by Gasteiger charge is 2.38. The standard InChI is InChI=1S/C12H20F2O2S/c13-9-1-5-11(6-2-9)17(15,16)12-7-3-10(14)4-8-12/h9-12H,1-8H2. The van der Waals surface area contributed by atoms with Gasteiger partial charge in [0.1, 0.15) is 12.3 Å². The molecule has 0 radical (unpaired) electrons. The fraction of sp³-hybridized carbons (Fsp3) is 1.00. The van der Waals surface area contributed by atoms with Gasteiger partial charge in [-0.3, -0.25) is 0 Å². The van der Waals surface area contributed by atoms with Gasteiger partial charge in [0.25, 0.3) is 0 Å². The average molecular weight is 266 g/mol. The minimum atomic E-state index is -3.17. The van der Waals surface area contributed by atoms with Crippen LogP contribution >= 0.6 is 0 Å². The lowest BCUT2D eigenvalue weighted by Gasteiger charge is -2.31. The maximum absolute atomic E-state index is 13.0. The van der Waals surface area contributed by atoms with E-state index in [0.29, 0.717) is 51.4 Å². The number of alkyl halides is 2. The first-order valence-corrected chi connectivity index (χ1v) is 8.12. The highest BCUT2D eigenvalue weighted by atomic mass is 32.2. The van der Waals surface area contributed by atoms with Crippen molar-refractivity contribution >= 4 is 9.84 Å². The predicted molar refractivity (Wildman–Crippen MR) is 63.2 cm³/mol. The van der Waals surface area contributed by atoms with E-state index < -0.39 is 22.2 Å².